The zero-order valence-corrected chi connectivity index (χ0v) is 11.6. The Hall–Kier alpha value is -0.680. The molecule has 0 radical (unpaired) electrons. The van der Waals surface area contributed by atoms with Gasteiger partial charge in [0.2, 0.25) is 0 Å². The number of aliphatic hydroxyl groups is 1. The van der Waals surface area contributed by atoms with Crippen molar-refractivity contribution >= 4 is 11.6 Å². The molecule has 1 aliphatic heterocycles. The average molecular weight is 289 g/mol. The minimum absolute atomic E-state index is 0.347. The van der Waals surface area contributed by atoms with Crippen molar-refractivity contribution in [3.05, 3.63) is 34.6 Å². The Morgan fingerprint density at radius 3 is 2.79 bits per heavy atom. The zero-order chi connectivity index (χ0) is 13.9. The van der Waals surface area contributed by atoms with Crippen LogP contribution in [0.1, 0.15) is 31.4 Å². The van der Waals surface area contributed by atoms with Gasteiger partial charge in [-0.1, -0.05) is 11.6 Å². The molecule has 1 N–H and O–H groups in total. The fourth-order valence-electron chi connectivity index (χ4n) is 2.51. The molecule has 0 saturated carbocycles. The summed E-state index contributed by atoms with van der Waals surface area (Å²) in [6.45, 7) is 3.38. The lowest BCUT2D eigenvalue weighted by Gasteiger charge is -2.41. The van der Waals surface area contributed by atoms with E-state index in [2.05, 4.69) is 0 Å². The largest absolute Gasteiger partial charge is 0.385 e. The molecule has 2 rings (SSSR count). The SMILES string of the molecule is CCOC1(C(O)c2cc(F)ccc2Cl)CCOCC1. The second-order valence-corrected chi connectivity index (χ2v) is 5.09. The van der Waals surface area contributed by atoms with Gasteiger partial charge < -0.3 is 14.6 Å². The second-order valence-electron chi connectivity index (χ2n) is 4.68. The van der Waals surface area contributed by atoms with Gasteiger partial charge in [0.1, 0.15) is 17.5 Å². The molecule has 1 aromatic rings. The van der Waals surface area contributed by atoms with Crippen molar-refractivity contribution in [2.75, 3.05) is 19.8 Å². The van der Waals surface area contributed by atoms with Gasteiger partial charge in [-0.3, -0.25) is 0 Å². The molecule has 1 unspecified atom stereocenters. The number of hydrogen-bond donors (Lipinski definition) is 1. The van der Waals surface area contributed by atoms with Gasteiger partial charge in [-0.05, 0) is 25.1 Å². The standard InChI is InChI=1S/C14H18ClFO3/c1-2-19-14(5-7-18-8-6-14)13(17)11-9-10(16)3-4-12(11)15/h3-4,9,13,17H,2,5-8H2,1H3. The molecule has 1 atom stereocenters. The van der Waals surface area contributed by atoms with E-state index in [0.29, 0.717) is 43.2 Å². The molecule has 1 fully saturated rings. The van der Waals surface area contributed by atoms with Gasteiger partial charge in [-0.25, -0.2) is 4.39 Å². The average Bonchev–Trinajstić information content (AvgIpc) is 2.42. The van der Waals surface area contributed by atoms with Crippen molar-refractivity contribution in [3.8, 4) is 0 Å². The van der Waals surface area contributed by atoms with E-state index in [-0.39, 0.29) is 0 Å². The van der Waals surface area contributed by atoms with E-state index in [0.717, 1.165) is 0 Å². The summed E-state index contributed by atoms with van der Waals surface area (Å²) < 4.78 is 24.4. The lowest BCUT2D eigenvalue weighted by molar-refractivity contribution is -0.168. The Labute approximate surface area is 117 Å². The van der Waals surface area contributed by atoms with Crippen molar-refractivity contribution in [2.24, 2.45) is 0 Å². The van der Waals surface area contributed by atoms with Crippen LogP contribution in [0, 0.1) is 5.82 Å². The summed E-state index contributed by atoms with van der Waals surface area (Å²) in [5.41, 5.74) is -0.373. The van der Waals surface area contributed by atoms with Crippen LogP contribution in [0.5, 0.6) is 0 Å². The van der Waals surface area contributed by atoms with Crippen molar-refractivity contribution in [1.29, 1.82) is 0 Å². The van der Waals surface area contributed by atoms with Gasteiger partial charge in [-0.15, -0.1) is 0 Å². The molecule has 0 aliphatic carbocycles. The maximum atomic E-state index is 13.4. The second kappa shape index (κ2) is 6.18. The molecule has 19 heavy (non-hydrogen) atoms. The number of benzene rings is 1. The van der Waals surface area contributed by atoms with Crippen LogP contribution in [0.3, 0.4) is 0 Å². The molecular formula is C14H18ClFO3. The molecule has 1 heterocycles. The number of ether oxygens (including phenoxy) is 2. The zero-order valence-electron chi connectivity index (χ0n) is 10.9. The number of aliphatic hydroxyl groups excluding tert-OH is 1. The van der Waals surface area contributed by atoms with Gasteiger partial charge in [0, 0.05) is 43.2 Å². The minimum Gasteiger partial charge on any atom is -0.385 e. The molecule has 106 valence electrons. The minimum atomic E-state index is -0.959. The highest BCUT2D eigenvalue weighted by molar-refractivity contribution is 6.31. The maximum absolute atomic E-state index is 13.4. The fraction of sp³-hybridized carbons (Fsp3) is 0.571. The maximum Gasteiger partial charge on any atom is 0.123 e. The van der Waals surface area contributed by atoms with E-state index in [1.165, 1.54) is 18.2 Å². The van der Waals surface area contributed by atoms with Gasteiger partial charge >= 0.3 is 0 Å². The van der Waals surface area contributed by atoms with Gasteiger partial charge in [0.15, 0.2) is 0 Å². The van der Waals surface area contributed by atoms with E-state index in [4.69, 9.17) is 21.1 Å². The Balaban J connectivity index is 2.32. The quantitative estimate of drug-likeness (QED) is 0.925. The van der Waals surface area contributed by atoms with Crippen LogP contribution in [0.25, 0.3) is 0 Å². The van der Waals surface area contributed by atoms with Crippen molar-refractivity contribution in [2.45, 2.75) is 31.5 Å². The summed E-state index contributed by atoms with van der Waals surface area (Å²) in [5.74, 6) is -0.419. The summed E-state index contributed by atoms with van der Waals surface area (Å²) in [4.78, 5) is 0. The van der Waals surface area contributed by atoms with Crippen LogP contribution in [0.4, 0.5) is 4.39 Å². The van der Waals surface area contributed by atoms with E-state index in [9.17, 15) is 9.50 Å². The van der Waals surface area contributed by atoms with Crippen LogP contribution in [-0.4, -0.2) is 30.5 Å². The molecule has 0 aromatic heterocycles. The summed E-state index contributed by atoms with van der Waals surface area (Å²) in [6, 6.07) is 3.99. The molecular weight excluding hydrogens is 271 g/mol. The van der Waals surface area contributed by atoms with Gasteiger partial charge in [-0.2, -0.15) is 0 Å². The summed E-state index contributed by atoms with van der Waals surface area (Å²) in [5, 5.41) is 10.9. The Morgan fingerprint density at radius 1 is 1.47 bits per heavy atom. The molecule has 1 aromatic carbocycles. The van der Waals surface area contributed by atoms with Crippen LogP contribution >= 0.6 is 11.6 Å². The molecule has 1 saturated heterocycles. The van der Waals surface area contributed by atoms with E-state index < -0.39 is 17.5 Å². The first-order chi connectivity index (χ1) is 9.09. The third-order valence-electron chi connectivity index (χ3n) is 3.52. The topological polar surface area (TPSA) is 38.7 Å². The molecule has 0 spiro atoms. The van der Waals surface area contributed by atoms with Crippen LogP contribution in [-0.2, 0) is 9.47 Å². The Bertz CT molecular complexity index is 427. The van der Waals surface area contributed by atoms with E-state index >= 15 is 0 Å². The highest BCUT2D eigenvalue weighted by atomic mass is 35.5. The van der Waals surface area contributed by atoms with Gasteiger partial charge in [0.05, 0.1) is 0 Å². The molecule has 5 heteroatoms. The van der Waals surface area contributed by atoms with Crippen molar-refractivity contribution in [1.82, 2.24) is 0 Å². The normalized spacial score (nSPS) is 20.2. The van der Waals surface area contributed by atoms with Crippen LogP contribution in [0.2, 0.25) is 5.02 Å². The van der Waals surface area contributed by atoms with Gasteiger partial charge in [0.25, 0.3) is 0 Å². The van der Waals surface area contributed by atoms with Crippen molar-refractivity contribution < 1.29 is 19.0 Å². The highest BCUT2D eigenvalue weighted by Crippen LogP contribution is 2.40. The Kier molecular flexibility index (Phi) is 4.79. The third-order valence-corrected chi connectivity index (χ3v) is 3.87. The van der Waals surface area contributed by atoms with E-state index in [1.807, 2.05) is 6.92 Å². The monoisotopic (exact) mass is 288 g/mol. The first-order valence-electron chi connectivity index (χ1n) is 6.44. The molecule has 3 nitrogen and oxygen atoms in total. The highest BCUT2D eigenvalue weighted by Gasteiger charge is 2.42. The number of hydrogen-bond acceptors (Lipinski definition) is 3. The predicted molar refractivity (Wildman–Crippen MR) is 70.8 cm³/mol. The smallest absolute Gasteiger partial charge is 0.123 e. The third kappa shape index (κ3) is 3.08. The summed E-state index contributed by atoms with van der Waals surface area (Å²) >= 11 is 6.06. The number of rotatable bonds is 4. The Morgan fingerprint density at radius 2 is 2.16 bits per heavy atom. The first-order valence-corrected chi connectivity index (χ1v) is 6.81. The first kappa shape index (κ1) is 14.7. The predicted octanol–water partition coefficient (Wildman–Crippen LogP) is 3.10. The summed E-state index contributed by atoms with van der Waals surface area (Å²) in [7, 11) is 0. The van der Waals surface area contributed by atoms with Crippen LogP contribution in [0.15, 0.2) is 18.2 Å². The summed E-state index contributed by atoms with van der Waals surface area (Å²) in [6.07, 6.45) is 0.170. The lowest BCUT2D eigenvalue weighted by atomic mass is 9.84. The van der Waals surface area contributed by atoms with Crippen molar-refractivity contribution in [3.63, 3.8) is 0 Å². The van der Waals surface area contributed by atoms with E-state index in [1.54, 1.807) is 0 Å². The molecule has 1 aliphatic rings. The molecule has 0 amide bonds. The fourth-order valence-corrected chi connectivity index (χ4v) is 2.73. The van der Waals surface area contributed by atoms with Crippen LogP contribution < -0.4 is 0 Å². The molecule has 0 bridgehead atoms. The lowest BCUT2D eigenvalue weighted by Crippen LogP contribution is -2.44. The number of halogens is 2.